The lowest BCUT2D eigenvalue weighted by Gasteiger charge is -2.18. The molecule has 13 heavy (non-hydrogen) atoms. The Labute approximate surface area is 78.0 Å². The van der Waals surface area contributed by atoms with Crippen LogP contribution >= 0.6 is 0 Å². The third-order valence-corrected chi connectivity index (χ3v) is 3.56. The molecular formula is C12H11N. The fourth-order valence-corrected chi connectivity index (χ4v) is 3.00. The van der Waals surface area contributed by atoms with Crippen molar-refractivity contribution < 1.29 is 0 Å². The minimum absolute atomic E-state index is 0.292. The number of hydrogen-bond donors (Lipinski definition) is 0. The highest BCUT2D eigenvalue weighted by atomic mass is 14.5. The van der Waals surface area contributed by atoms with Crippen LogP contribution in [0.4, 0.5) is 0 Å². The average molecular weight is 169 g/mol. The summed E-state index contributed by atoms with van der Waals surface area (Å²) in [5.41, 5.74) is 2.96. The van der Waals surface area contributed by atoms with Gasteiger partial charge in [-0.05, 0) is 29.9 Å². The molecule has 1 heteroatoms. The van der Waals surface area contributed by atoms with Gasteiger partial charge in [-0.15, -0.1) is 0 Å². The number of fused-ring (bicyclic) bond motifs is 5. The SMILES string of the molecule is N#C[C@H]1C[C@H]2C[C@@H]1c1ccccc12. The van der Waals surface area contributed by atoms with Gasteiger partial charge in [-0.1, -0.05) is 24.3 Å². The van der Waals surface area contributed by atoms with Gasteiger partial charge >= 0.3 is 0 Å². The highest BCUT2D eigenvalue weighted by molar-refractivity contribution is 5.43. The molecule has 0 aliphatic heterocycles. The largest absolute Gasteiger partial charge is 0.198 e. The molecule has 0 heterocycles. The molecule has 64 valence electrons. The first-order valence-electron chi connectivity index (χ1n) is 4.88. The molecule has 0 N–H and O–H groups in total. The lowest BCUT2D eigenvalue weighted by Crippen LogP contribution is -2.07. The minimum Gasteiger partial charge on any atom is -0.198 e. The van der Waals surface area contributed by atoms with Crippen molar-refractivity contribution in [3.63, 3.8) is 0 Å². The summed E-state index contributed by atoms with van der Waals surface area (Å²) in [7, 11) is 0. The Morgan fingerprint density at radius 1 is 1.15 bits per heavy atom. The van der Waals surface area contributed by atoms with Crippen LogP contribution in [0.2, 0.25) is 0 Å². The van der Waals surface area contributed by atoms with Gasteiger partial charge in [0.15, 0.2) is 0 Å². The van der Waals surface area contributed by atoms with Gasteiger partial charge < -0.3 is 0 Å². The van der Waals surface area contributed by atoms with Crippen molar-refractivity contribution in [2.24, 2.45) is 5.92 Å². The molecule has 0 aromatic heterocycles. The summed E-state index contributed by atoms with van der Waals surface area (Å²) in [5.74, 6) is 1.52. The maximum absolute atomic E-state index is 8.96. The quantitative estimate of drug-likeness (QED) is 0.585. The van der Waals surface area contributed by atoms with E-state index in [1.165, 1.54) is 17.5 Å². The summed E-state index contributed by atoms with van der Waals surface area (Å²) >= 11 is 0. The van der Waals surface area contributed by atoms with Crippen molar-refractivity contribution in [2.75, 3.05) is 0 Å². The lowest BCUT2D eigenvalue weighted by molar-refractivity contribution is 0.583. The normalized spacial score (nSPS) is 34.2. The second-order valence-corrected chi connectivity index (χ2v) is 4.14. The molecule has 0 spiro atoms. The molecule has 2 aliphatic carbocycles. The van der Waals surface area contributed by atoms with E-state index in [1.807, 2.05) is 0 Å². The summed E-state index contributed by atoms with van der Waals surface area (Å²) < 4.78 is 0. The van der Waals surface area contributed by atoms with Crippen LogP contribution in [-0.4, -0.2) is 0 Å². The van der Waals surface area contributed by atoms with Crippen LogP contribution in [0.15, 0.2) is 24.3 Å². The van der Waals surface area contributed by atoms with Crippen LogP contribution in [0.25, 0.3) is 0 Å². The van der Waals surface area contributed by atoms with Crippen molar-refractivity contribution in [2.45, 2.75) is 24.7 Å². The lowest BCUT2D eigenvalue weighted by atomic mass is 9.85. The Hall–Kier alpha value is -1.29. The number of benzene rings is 1. The minimum atomic E-state index is 0.292. The second kappa shape index (κ2) is 2.35. The average Bonchev–Trinajstić information content (AvgIpc) is 2.75. The highest BCUT2D eigenvalue weighted by Gasteiger charge is 2.43. The maximum atomic E-state index is 8.96. The summed E-state index contributed by atoms with van der Waals surface area (Å²) in [6, 6.07) is 11.1. The summed E-state index contributed by atoms with van der Waals surface area (Å²) in [6.45, 7) is 0. The van der Waals surface area contributed by atoms with E-state index in [0.717, 1.165) is 6.42 Å². The molecule has 3 atom stereocenters. The second-order valence-electron chi connectivity index (χ2n) is 4.14. The van der Waals surface area contributed by atoms with Gasteiger partial charge in [-0.2, -0.15) is 5.26 Å². The Balaban J connectivity index is 2.13. The van der Waals surface area contributed by atoms with Crippen molar-refractivity contribution in [3.05, 3.63) is 35.4 Å². The Bertz CT molecular complexity index is 388. The summed E-state index contributed by atoms with van der Waals surface area (Å²) in [4.78, 5) is 0. The van der Waals surface area contributed by atoms with Gasteiger partial charge in [0, 0.05) is 5.92 Å². The maximum Gasteiger partial charge on any atom is 0.0662 e. The Morgan fingerprint density at radius 2 is 1.92 bits per heavy atom. The summed E-state index contributed by atoms with van der Waals surface area (Å²) in [6.07, 6.45) is 2.32. The number of hydrogen-bond acceptors (Lipinski definition) is 1. The van der Waals surface area contributed by atoms with E-state index >= 15 is 0 Å². The zero-order chi connectivity index (χ0) is 8.84. The van der Waals surface area contributed by atoms with Gasteiger partial charge in [0.25, 0.3) is 0 Å². The van der Waals surface area contributed by atoms with Crippen LogP contribution in [0, 0.1) is 17.2 Å². The van der Waals surface area contributed by atoms with E-state index in [-0.39, 0.29) is 0 Å². The summed E-state index contributed by atoms with van der Waals surface area (Å²) in [5, 5.41) is 8.96. The predicted octanol–water partition coefficient (Wildman–Crippen LogP) is 2.80. The fraction of sp³-hybridized carbons (Fsp3) is 0.417. The van der Waals surface area contributed by atoms with Crippen LogP contribution in [-0.2, 0) is 0 Å². The molecule has 1 aromatic rings. The molecule has 0 unspecified atom stereocenters. The smallest absolute Gasteiger partial charge is 0.0662 e. The van der Waals surface area contributed by atoms with Gasteiger partial charge in [0.2, 0.25) is 0 Å². The fourth-order valence-electron chi connectivity index (χ4n) is 3.00. The molecule has 3 rings (SSSR count). The van der Waals surface area contributed by atoms with Crippen molar-refractivity contribution >= 4 is 0 Å². The van der Waals surface area contributed by atoms with E-state index < -0.39 is 0 Å². The molecule has 1 aromatic carbocycles. The zero-order valence-corrected chi connectivity index (χ0v) is 7.40. The monoisotopic (exact) mass is 169 g/mol. The van der Waals surface area contributed by atoms with E-state index in [9.17, 15) is 0 Å². The number of nitriles is 1. The van der Waals surface area contributed by atoms with Crippen LogP contribution in [0.1, 0.15) is 35.8 Å². The molecule has 0 radical (unpaired) electrons. The van der Waals surface area contributed by atoms with E-state index in [4.69, 9.17) is 5.26 Å². The third-order valence-electron chi connectivity index (χ3n) is 3.56. The molecule has 2 aliphatic rings. The highest BCUT2D eigenvalue weighted by Crippen LogP contribution is 2.55. The van der Waals surface area contributed by atoms with Gasteiger partial charge in [0.05, 0.1) is 12.0 Å². The molecule has 1 nitrogen and oxygen atoms in total. The molecule has 0 amide bonds. The number of rotatable bonds is 0. The molecule has 1 saturated carbocycles. The molecular weight excluding hydrogens is 158 g/mol. The van der Waals surface area contributed by atoms with Gasteiger partial charge in [-0.3, -0.25) is 0 Å². The molecule has 1 fully saturated rings. The van der Waals surface area contributed by atoms with Crippen molar-refractivity contribution in [3.8, 4) is 6.07 Å². The van der Waals surface area contributed by atoms with Crippen LogP contribution in [0.5, 0.6) is 0 Å². The van der Waals surface area contributed by atoms with E-state index in [2.05, 4.69) is 30.3 Å². The Kier molecular flexibility index (Phi) is 1.29. The van der Waals surface area contributed by atoms with Gasteiger partial charge in [0.1, 0.15) is 0 Å². The first kappa shape index (κ1) is 7.15. The first-order valence-corrected chi connectivity index (χ1v) is 4.88. The Morgan fingerprint density at radius 3 is 2.69 bits per heavy atom. The topological polar surface area (TPSA) is 23.8 Å². The predicted molar refractivity (Wildman–Crippen MR) is 50.3 cm³/mol. The van der Waals surface area contributed by atoms with Crippen LogP contribution < -0.4 is 0 Å². The third kappa shape index (κ3) is 0.808. The standard InChI is InChI=1S/C12H11N/c13-7-9-5-8-6-12(9)11-4-2-1-3-10(8)11/h1-4,8-9,12H,5-6H2/t8-,9+,12-/m0/s1. The van der Waals surface area contributed by atoms with Crippen molar-refractivity contribution in [1.82, 2.24) is 0 Å². The van der Waals surface area contributed by atoms with E-state index in [0.29, 0.717) is 17.8 Å². The van der Waals surface area contributed by atoms with E-state index in [1.54, 1.807) is 0 Å². The van der Waals surface area contributed by atoms with Gasteiger partial charge in [-0.25, -0.2) is 0 Å². The zero-order valence-electron chi connectivity index (χ0n) is 7.40. The van der Waals surface area contributed by atoms with Crippen molar-refractivity contribution in [1.29, 1.82) is 5.26 Å². The molecule has 0 saturated heterocycles. The first-order chi connectivity index (χ1) is 6.40. The molecule has 2 bridgehead atoms. The van der Waals surface area contributed by atoms with Crippen LogP contribution in [0.3, 0.4) is 0 Å². The number of nitrogens with zero attached hydrogens (tertiary/aromatic N) is 1.